The molecule has 0 saturated carbocycles. The molecule has 1 heterocycles. The van der Waals surface area contributed by atoms with E-state index in [-0.39, 0.29) is 5.78 Å². The van der Waals surface area contributed by atoms with Gasteiger partial charge >= 0.3 is 0 Å². The van der Waals surface area contributed by atoms with E-state index in [9.17, 15) is 4.79 Å². The number of benzene rings is 1. The molecular weight excluding hydrogens is 218 g/mol. The van der Waals surface area contributed by atoms with Crippen molar-refractivity contribution < 1.29 is 14.3 Å². The van der Waals surface area contributed by atoms with Gasteiger partial charge in [0.2, 0.25) is 0 Å². The molecule has 0 aromatic heterocycles. The highest BCUT2D eigenvalue weighted by Gasteiger charge is 2.43. The third-order valence-corrected chi connectivity index (χ3v) is 2.88. The molecule has 92 valence electrons. The van der Waals surface area contributed by atoms with Crippen LogP contribution < -0.4 is 15.2 Å². The van der Waals surface area contributed by atoms with Crippen molar-refractivity contribution in [1.29, 1.82) is 0 Å². The SMILES string of the molecule is CCCC(=O)C(C)(N)C1Oc2ccccc2O1. The number of ketones is 1. The second-order valence-electron chi connectivity index (χ2n) is 4.47. The summed E-state index contributed by atoms with van der Waals surface area (Å²) in [5.74, 6) is 1.23. The minimum absolute atomic E-state index is 0.0437. The molecule has 0 radical (unpaired) electrons. The van der Waals surface area contributed by atoms with E-state index in [1.54, 1.807) is 19.1 Å². The molecular formula is C13H17NO3. The van der Waals surface area contributed by atoms with E-state index >= 15 is 0 Å². The van der Waals surface area contributed by atoms with Crippen LogP contribution in [0.1, 0.15) is 26.7 Å². The van der Waals surface area contributed by atoms with Gasteiger partial charge in [-0.1, -0.05) is 19.1 Å². The van der Waals surface area contributed by atoms with Gasteiger partial charge in [-0.3, -0.25) is 4.79 Å². The van der Waals surface area contributed by atoms with Crippen molar-refractivity contribution in [2.45, 2.75) is 38.5 Å². The summed E-state index contributed by atoms with van der Waals surface area (Å²) in [5, 5.41) is 0. The molecule has 4 nitrogen and oxygen atoms in total. The Hall–Kier alpha value is -1.55. The molecule has 0 spiro atoms. The highest BCUT2D eigenvalue weighted by atomic mass is 16.7. The van der Waals surface area contributed by atoms with Crippen LogP contribution in [0.2, 0.25) is 0 Å². The van der Waals surface area contributed by atoms with Gasteiger partial charge in [0.1, 0.15) is 5.54 Å². The Labute approximate surface area is 101 Å². The second-order valence-corrected chi connectivity index (χ2v) is 4.47. The maximum atomic E-state index is 11.9. The van der Waals surface area contributed by atoms with Crippen molar-refractivity contribution in [3.63, 3.8) is 0 Å². The van der Waals surface area contributed by atoms with Gasteiger partial charge in [-0.15, -0.1) is 0 Å². The number of Topliss-reactive ketones (excluding diaryl/α,β-unsaturated/α-hetero) is 1. The number of ether oxygens (including phenoxy) is 2. The molecule has 1 aromatic rings. The Balaban J connectivity index is 2.14. The largest absolute Gasteiger partial charge is 0.448 e. The quantitative estimate of drug-likeness (QED) is 0.865. The molecule has 0 fully saturated rings. The standard InChI is InChI=1S/C13H17NO3/c1-3-6-11(15)13(2,14)12-16-9-7-4-5-8-10(9)17-12/h4-5,7-8,12H,3,6,14H2,1-2H3. The van der Waals surface area contributed by atoms with Crippen LogP contribution in [0, 0.1) is 0 Å². The lowest BCUT2D eigenvalue weighted by Crippen LogP contribution is -2.58. The zero-order valence-corrected chi connectivity index (χ0v) is 10.1. The first-order chi connectivity index (χ1) is 8.05. The summed E-state index contributed by atoms with van der Waals surface area (Å²) in [6.45, 7) is 3.60. The van der Waals surface area contributed by atoms with E-state index in [1.807, 2.05) is 19.1 Å². The lowest BCUT2D eigenvalue weighted by Gasteiger charge is -2.27. The lowest BCUT2D eigenvalue weighted by molar-refractivity contribution is -0.132. The molecule has 4 heteroatoms. The average molecular weight is 235 g/mol. The summed E-state index contributed by atoms with van der Waals surface area (Å²) in [4.78, 5) is 11.9. The number of para-hydroxylation sites is 2. The molecule has 1 unspecified atom stereocenters. The van der Waals surface area contributed by atoms with E-state index in [4.69, 9.17) is 15.2 Å². The summed E-state index contributed by atoms with van der Waals surface area (Å²) in [6, 6.07) is 7.31. The first kappa shape index (κ1) is 11.9. The van der Waals surface area contributed by atoms with Crippen molar-refractivity contribution in [2.75, 3.05) is 0 Å². The van der Waals surface area contributed by atoms with Crippen molar-refractivity contribution in [3.8, 4) is 11.5 Å². The fraction of sp³-hybridized carbons (Fsp3) is 0.462. The third-order valence-electron chi connectivity index (χ3n) is 2.88. The second kappa shape index (κ2) is 4.37. The first-order valence-corrected chi connectivity index (χ1v) is 5.80. The number of fused-ring (bicyclic) bond motifs is 1. The lowest BCUT2D eigenvalue weighted by atomic mass is 9.94. The Bertz CT molecular complexity index is 403. The number of hydrogen-bond acceptors (Lipinski definition) is 4. The van der Waals surface area contributed by atoms with E-state index < -0.39 is 11.8 Å². The maximum absolute atomic E-state index is 11.9. The van der Waals surface area contributed by atoms with Crippen LogP contribution in [0.15, 0.2) is 24.3 Å². The third kappa shape index (κ3) is 2.13. The van der Waals surface area contributed by atoms with Crippen molar-refractivity contribution in [3.05, 3.63) is 24.3 Å². The molecule has 0 aliphatic carbocycles. The molecule has 2 N–H and O–H groups in total. The fourth-order valence-corrected chi connectivity index (χ4v) is 1.77. The minimum atomic E-state index is -1.12. The number of carbonyl (C=O) groups is 1. The van der Waals surface area contributed by atoms with Gasteiger partial charge < -0.3 is 15.2 Å². The number of rotatable bonds is 4. The van der Waals surface area contributed by atoms with Gasteiger partial charge in [-0.05, 0) is 25.5 Å². The first-order valence-electron chi connectivity index (χ1n) is 5.80. The summed E-state index contributed by atoms with van der Waals surface area (Å²) >= 11 is 0. The van der Waals surface area contributed by atoms with E-state index in [0.717, 1.165) is 6.42 Å². The Morgan fingerprint density at radius 2 is 1.88 bits per heavy atom. The van der Waals surface area contributed by atoms with Crippen LogP contribution in [0.5, 0.6) is 11.5 Å². The fourth-order valence-electron chi connectivity index (χ4n) is 1.77. The predicted octanol–water partition coefficient (Wildman–Crippen LogP) is 1.87. The molecule has 1 aliphatic heterocycles. The normalized spacial score (nSPS) is 17.8. The summed E-state index contributed by atoms with van der Waals surface area (Å²) in [7, 11) is 0. The molecule has 1 aliphatic rings. The topological polar surface area (TPSA) is 61.6 Å². The van der Waals surface area contributed by atoms with Crippen LogP contribution >= 0.6 is 0 Å². The average Bonchev–Trinajstić information content (AvgIpc) is 2.73. The van der Waals surface area contributed by atoms with Gasteiger partial charge in [-0.25, -0.2) is 0 Å². The molecule has 1 aromatic carbocycles. The van der Waals surface area contributed by atoms with Gasteiger partial charge in [0.05, 0.1) is 0 Å². The van der Waals surface area contributed by atoms with Gasteiger partial charge in [-0.2, -0.15) is 0 Å². The zero-order chi connectivity index (χ0) is 12.5. The highest BCUT2D eigenvalue weighted by molar-refractivity contribution is 5.88. The van der Waals surface area contributed by atoms with Crippen LogP contribution in [-0.4, -0.2) is 17.6 Å². The van der Waals surface area contributed by atoms with Crippen LogP contribution in [0.4, 0.5) is 0 Å². The van der Waals surface area contributed by atoms with Gasteiger partial charge in [0.25, 0.3) is 6.29 Å². The van der Waals surface area contributed by atoms with E-state index in [1.165, 1.54) is 0 Å². The molecule has 0 bridgehead atoms. The molecule has 0 amide bonds. The monoisotopic (exact) mass is 235 g/mol. The van der Waals surface area contributed by atoms with Crippen molar-refractivity contribution in [1.82, 2.24) is 0 Å². The van der Waals surface area contributed by atoms with E-state index in [2.05, 4.69) is 0 Å². The molecule has 2 rings (SSSR count). The van der Waals surface area contributed by atoms with Gasteiger partial charge in [0.15, 0.2) is 17.3 Å². The van der Waals surface area contributed by atoms with Crippen LogP contribution in [0.3, 0.4) is 0 Å². The Morgan fingerprint density at radius 1 is 1.35 bits per heavy atom. The minimum Gasteiger partial charge on any atom is -0.448 e. The highest BCUT2D eigenvalue weighted by Crippen LogP contribution is 2.36. The summed E-state index contributed by atoms with van der Waals surface area (Å²) in [6.07, 6.45) is 0.469. The Morgan fingerprint density at radius 3 is 2.35 bits per heavy atom. The molecule has 17 heavy (non-hydrogen) atoms. The van der Waals surface area contributed by atoms with Crippen molar-refractivity contribution in [2.24, 2.45) is 5.73 Å². The number of nitrogens with two attached hydrogens (primary N) is 1. The summed E-state index contributed by atoms with van der Waals surface area (Å²) < 4.78 is 11.1. The predicted molar refractivity (Wildman–Crippen MR) is 64.0 cm³/mol. The number of hydrogen-bond donors (Lipinski definition) is 1. The van der Waals surface area contributed by atoms with Gasteiger partial charge in [0, 0.05) is 6.42 Å². The summed E-state index contributed by atoms with van der Waals surface area (Å²) in [5.41, 5.74) is 4.92. The van der Waals surface area contributed by atoms with E-state index in [0.29, 0.717) is 17.9 Å². The van der Waals surface area contributed by atoms with Crippen molar-refractivity contribution >= 4 is 5.78 Å². The number of carbonyl (C=O) groups excluding carboxylic acids is 1. The molecule has 0 saturated heterocycles. The zero-order valence-electron chi connectivity index (χ0n) is 10.1. The Kier molecular flexibility index (Phi) is 3.07. The van der Waals surface area contributed by atoms with Crippen LogP contribution in [0.25, 0.3) is 0 Å². The maximum Gasteiger partial charge on any atom is 0.265 e. The smallest absolute Gasteiger partial charge is 0.265 e. The molecule has 1 atom stereocenters. The van der Waals surface area contributed by atoms with Crippen LogP contribution in [-0.2, 0) is 4.79 Å².